The van der Waals surface area contributed by atoms with Crippen molar-refractivity contribution >= 4 is 29.1 Å². The van der Waals surface area contributed by atoms with Crippen LogP contribution in [0.1, 0.15) is 16.8 Å². The van der Waals surface area contributed by atoms with Gasteiger partial charge >= 0.3 is 0 Å². The summed E-state index contributed by atoms with van der Waals surface area (Å²) in [6, 6.07) is 5.04. The molecule has 1 saturated heterocycles. The Morgan fingerprint density at radius 1 is 1.31 bits per heavy atom. The van der Waals surface area contributed by atoms with Crippen LogP contribution < -0.4 is 10.6 Å². The van der Waals surface area contributed by atoms with E-state index in [0.29, 0.717) is 15.6 Å². The van der Waals surface area contributed by atoms with Crippen LogP contribution in [0.3, 0.4) is 0 Å². The predicted molar refractivity (Wildman–Crippen MR) is 65.2 cm³/mol. The van der Waals surface area contributed by atoms with Crippen LogP contribution in [0.4, 0.5) is 0 Å². The van der Waals surface area contributed by atoms with Crippen LogP contribution in [-0.4, -0.2) is 25.0 Å². The van der Waals surface area contributed by atoms with Crippen LogP contribution in [0.25, 0.3) is 0 Å². The summed E-state index contributed by atoms with van der Waals surface area (Å²) < 4.78 is 0. The maximum absolute atomic E-state index is 11.8. The quantitative estimate of drug-likeness (QED) is 0.853. The first-order chi connectivity index (χ1) is 7.65. The van der Waals surface area contributed by atoms with Gasteiger partial charge in [-0.15, -0.1) is 0 Å². The van der Waals surface area contributed by atoms with E-state index in [1.54, 1.807) is 18.2 Å². The van der Waals surface area contributed by atoms with Gasteiger partial charge in [-0.2, -0.15) is 0 Å². The van der Waals surface area contributed by atoms with E-state index in [9.17, 15) is 4.79 Å². The van der Waals surface area contributed by atoms with Crippen molar-refractivity contribution in [3.05, 3.63) is 33.8 Å². The van der Waals surface area contributed by atoms with Gasteiger partial charge in [-0.3, -0.25) is 4.79 Å². The highest BCUT2D eigenvalue weighted by atomic mass is 35.5. The first-order valence-corrected chi connectivity index (χ1v) is 5.88. The number of rotatable bonds is 2. The molecule has 2 N–H and O–H groups in total. The number of amides is 1. The van der Waals surface area contributed by atoms with Crippen LogP contribution in [-0.2, 0) is 0 Å². The summed E-state index contributed by atoms with van der Waals surface area (Å²) in [5, 5.41) is 7.06. The largest absolute Gasteiger partial charge is 0.348 e. The number of hydrogen-bond acceptors (Lipinski definition) is 2. The molecule has 1 atom stereocenters. The lowest BCUT2D eigenvalue weighted by molar-refractivity contribution is 0.0940. The zero-order chi connectivity index (χ0) is 11.5. The van der Waals surface area contributed by atoms with Gasteiger partial charge in [0, 0.05) is 28.2 Å². The number of nitrogens with one attached hydrogen (secondary N) is 2. The molecule has 0 radical (unpaired) electrons. The number of benzene rings is 1. The maximum atomic E-state index is 11.8. The topological polar surface area (TPSA) is 41.1 Å². The van der Waals surface area contributed by atoms with Gasteiger partial charge in [0.25, 0.3) is 5.91 Å². The van der Waals surface area contributed by atoms with E-state index >= 15 is 0 Å². The lowest BCUT2D eigenvalue weighted by Crippen LogP contribution is -2.36. The highest BCUT2D eigenvalue weighted by Gasteiger charge is 2.17. The third-order valence-corrected chi connectivity index (χ3v) is 2.96. The number of carbonyl (C=O) groups excluding carboxylic acids is 1. The van der Waals surface area contributed by atoms with Gasteiger partial charge in [0.05, 0.1) is 0 Å². The van der Waals surface area contributed by atoms with Crippen molar-refractivity contribution in [2.24, 2.45) is 0 Å². The van der Waals surface area contributed by atoms with Crippen LogP contribution in [0.15, 0.2) is 18.2 Å². The van der Waals surface area contributed by atoms with E-state index in [-0.39, 0.29) is 11.9 Å². The Labute approximate surface area is 104 Å². The number of halogens is 2. The molecule has 0 unspecified atom stereocenters. The molecular formula is C11H12Cl2N2O. The second-order valence-electron chi connectivity index (χ2n) is 3.82. The second kappa shape index (κ2) is 5.04. The lowest BCUT2D eigenvalue weighted by atomic mass is 10.2. The van der Waals surface area contributed by atoms with Crippen LogP contribution >= 0.6 is 23.2 Å². The smallest absolute Gasteiger partial charge is 0.251 e. The summed E-state index contributed by atoms with van der Waals surface area (Å²) in [5.74, 6) is -0.127. The molecule has 16 heavy (non-hydrogen) atoms. The van der Waals surface area contributed by atoms with Crippen LogP contribution in [0, 0.1) is 0 Å². The van der Waals surface area contributed by atoms with Crippen molar-refractivity contribution in [1.29, 1.82) is 0 Å². The van der Waals surface area contributed by atoms with E-state index in [0.717, 1.165) is 19.5 Å². The summed E-state index contributed by atoms with van der Waals surface area (Å²) in [6.07, 6.45) is 0.958. The van der Waals surface area contributed by atoms with Gasteiger partial charge in [-0.25, -0.2) is 0 Å². The maximum Gasteiger partial charge on any atom is 0.251 e. The van der Waals surface area contributed by atoms with Crippen molar-refractivity contribution in [3.8, 4) is 0 Å². The van der Waals surface area contributed by atoms with Gasteiger partial charge in [-0.05, 0) is 31.2 Å². The third kappa shape index (κ3) is 2.88. The minimum Gasteiger partial charge on any atom is -0.348 e. The molecule has 1 aromatic carbocycles. The zero-order valence-electron chi connectivity index (χ0n) is 8.59. The van der Waals surface area contributed by atoms with Gasteiger partial charge in [0.1, 0.15) is 0 Å². The second-order valence-corrected chi connectivity index (χ2v) is 4.69. The SMILES string of the molecule is O=C(N[C@@H]1CCNC1)c1cc(Cl)cc(Cl)c1. The minimum atomic E-state index is -0.127. The van der Waals surface area contributed by atoms with Crippen LogP contribution in [0.2, 0.25) is 10.0 Å². The van der Waals surface area contributed by atoms with Crippen molar-refractivity contribution < 1.29 is 4.79 Å². The van der Waals surface area contributed by atoms with Gasteiger partial charge in [0.2, 0.25) is 0 Å². The predicted octanol–water partition coefficient (Wildman–Crippen LogP) is 2.09. The molecule has 1 aromatic rings. The van der Waals surface area contributed by atoms with Gasteiger partial charge in [-0.1, -0.05) is 23.2 Å². The third-order valence-electron chi connectivity index (χ3n) is 2.52. The molecule has 0 aromatic heterocycles. The Hall–Kier alpha value is -0.770. The van der Waals surface area contributed by atoms with E-state index in [1.165, 1.54) is 0 Å². The first kappa shape index (κ1) is 11.7. The fraction of sp³-hybridized carbons (Fsp3) is 0.364. The first-order valence-electron chi connectivity index (χ1n) is 5.13. The highest BCUT2D eigenvalue weighted by molar-refractivity contribution is 6.35. The fourth-order valence-electron chi connectivity index (χ4n) is 1.73. The van der Waals surface area contributed by atoms with Crippen LogP contribution in [0.5, 0.6) is 0 Å². The molecule has 0 aliphatic carbocycles. The molecule has 0 bridgehead atoms. The molecule has 0 spiro atoms. The van der Waals surface area contributed by atoms with Crippen molar-refractivity contribution in [3.63, 3.8) is 0 Å². The monoisotopic (exact) mass is 258 g/mol. The molecule has 1 amide bonds. The molecule has 1 aliphatic rings. The molecule has 5 heteroatoms. The minimum absolute atomic E-state index is 0.127. The van der Waals surface area contributed by atoms with Gasteiger partial charge < -0.3 is 10.6 Å². The highest BCUT2D eigenvalue weighted by Crippen LogP contribution is 2.19. The summed E-state index contributed by atoms with van der Waals surface area (Å²) in [4.78, 5) is 11.8. The van der Waals surface area contributed by atoms with Crippen molar-refractivity contribution in [2.75, 3.05) is 13.1 Å². The van der Waals surface area contributed by atoms with E-state index in [2.05, 4.69) is 10.6 Å². The normalized spacial score (nSPS) is 19.8. The summed E-state index contributed by atoms with van der Waals surface area (Å²) in [5.41, 5.74) is 0.504. The summed E-state index contributed by atoms with van der Waals surface area (Å²) in [7, 11) is 0. The van der Waals surface area contributed by atoms with E-state index < -0.39 is 0 Å². The molecule has 1 fully saturated rings. The number of hydrogen-bond donors (Lipinski definition) is 2. The molecule has 2 rings (SSSR count). The van der Waals surface area contributed by atoms with Crippen molar-refractivity contribution in [2.45, 2.75) is 12.5 Å². The fourth-order valence-corrected chi connectivity index (χ4v) is 2.26. The average molecular weight is 259 g/mol. The molecular weight excluding hydrogens is 247 g/mol. The Morgan fingerprint density at radius 2 is 2.00 bits per heavy atom. The molecule has 1 aliphatic heterocycles. The van der Waals surface area contributed by atoms with Crippen molar-refractivity contribution in [1.82, 2.24) is 10.6 Å². The Morgan fingerprint density at radius 3 is 2.56 bits per heavy atom. The molecule has 1 heterocycles. The van der Waals surface area contributed by atoms with Gasteiger partial charge in [0.15, 0.2) is 0 Å². The molecule has 3 nitrogen and oxygen atoms in total. The summed E-state index contributed by atoms with van der Waals surface area (Å²) >= 11 is 11.7. The molecule has 0 saturated carbocycles. The summed E-state index contributed by atoms with van der Waals surface area (Å²) in [6.45, 7) is 1.77. The Balaban J connectivity index is 2.07. The Bertz CT molecular complexity index is 383. The molecule has 86 valence electrons. The zero-order valence-corrected chi connectivity index (χ0v) is 10.1. The standard InChI is InChI=1S/C11H12Cl2N2O/c12-8-3-7(4-9(13)5-8)11(16)15-10-1-2-14-6-10/h3-5,10,14H,1-2,6H2,(H,15,16)/t10-/m1/s1. The Kier molecular flexibility index (Phi) is 3.69. The van der Waals surface area contributed by atoms with E-state index in [1.807, 2.05) is 0 Å². The number of carbonyl (C=O) groups is 1. The van der Waals surface area contributed by atoms with E-state index in [4.69, 9.17) is 23.2 Å². The average Bonchev–Trinajstić information content (AvgIpc) is 2.68. The lowest BCUT2D eigenvalue weighted by Gasteiger charge is -2.11.